The Balaban J connectivity index is 1.93. The fraction of sp³-hybridized carbons (Fsp3) is 0.208. The van der Waals surface area contributed by atoms with E-state index in [1.54, 1.807) is 51.3 Å². The van der Waals surface area contributed by atoms with E-state index in [0.717, 1.165) is 5.56 Å². The molecule has 0 saturated heterocycles. The number of methoxy groups -OCH3 is 1. The topological polar surface area (TPSA) is 69.9 Å². The fourth-order valence-electron chi connectivity index (χ4n) is 3.60. The van der Waals surface area contributed by atoms with Gasteiger partial charge in [-0.25, -0.2) is 14.2 Å². The van der Waals surface area contributed by atoms with Crippen LogP contribution in [-0.4, -0.2) is 24.3 Å². The summed E-state index contributed by atoms with van der Waals surface area (Å²) in [4.78, 5) is 31.3. The smallest absolute Gasteiger partial charge is 0.338 e. The van der Waals surface area contributed by atoms with Crippen LogP contribution in [0.25, 0.3) is 6.08 Å². The lowest BCUT2D eigenvalue weighted by Crippen LogP contribution is -2.39. The number of fused-ring (bicyclic) bond motifs is 1. The highest BCUT2D eigenvalue weighted by Crippen LogP contribution is 2.31. The first-order valence-electron chi connectivity index (χ1n) is 10.0. The van der Waals surface area contributed by atoms with Gasteiger partial charge in [0.15, 0.2) is 4.80 Å². The molecule has 0 radical (unpaired) electrons. The summed E-state index contributed by atoms with van der Waals surface area (Å²) in [6.07, 6.45) is 1.69. The molecule has 1 aliphatic heterocycles. The van der Waals surface area contributed by atoms with Crippen LogP contribution in [0.3, 0.4) is 0 Å². The fourth-order valence-corrected chi connectivity index (χ4v) is 4.65. The quantitative estimate of drug-likeness (QED) is 0.558. The second kappa shape index (κ2) is 8.92. The number of hydrogen-bond acceptors (Lipinski definition) is 6. The van der Waals surface area contributed by atoms with Crippen molar-refractivity contribution in [3.8, 4) is 5.75 Å². The molecular formula is C24H21FN2O4S. The van der Waals surface area contributed by atoms with Gasteiger partial charge in [-0.2, -0.15) is 0 Å². The van der Waals surface area contributed by atoms with Crippen LogP contribution in [0, 0.1) is 5.82 Å². The van der Waals surface area contributed by atoms with E-state index < -0.39 is 12.0 Å². The van der Waals surface area contributed by atoms with Crippen LogP contribution < -0.4 is 19.6 Å². The maximum Gasteiger partial charge on any atom is 0.338 e. The van der Waals surface area contributed by atoms with E-state index >= 15 is 0 Å². The highest BCUT2D eigenvalue weighted by molar-refractivity contribution is 7.07. The van der Waals surface area contributed by atoms with Crippen molar-refractivity contribution in [2.45, 2.75) is 19.9 Å². The van der Waals surface area contributed by atoms with Crippen LogP contribution in [0.4, 0.5) is 4.39 Å². The first-order valence-corrected chi connectivity index (χ1v) is 10.8. The summed E-state index contributed by atoms with van der Waals surface area (Å²) in [5.41, 5.74) is 1.96. The van der Waals surface area contributed by atoms with E-state index in [0.29, 0.717) is 31.9 Å². The molecule has 2 heterocycles. The Hall–Kier alpha value is -3.52. The molecule has 0 N–H and O–H groups in total. The number of esters is 1. The minimum Gasteiger partial charge on any atom is -0.497 e. The number of thiazole rings is 1. The molecule has 6 nitrogen and oxygen atoms in total. The third kappa shape index (κ3) is 4.01. The van der Waals surface area contributed by atoms with Crippen LogP contribution in [0.5, 0.6) is 5.75 Å². The number of carbonyl (C=O) groups is 1. The van der Waals surface area contributed by atoms with Gasteiger partial charge in [0, 0.05) is 0 Å². The molecule has 0 bridgehead atoms. The summed E-state index contributed by atoms with van der Waals surface area (Å²) < 4.78 is 25.7. The highest BCUT2D eigenvalue weighted by atomic mass is 32.1. The second-order valence-electron chi connectivity index (χ2n) is 7.13. The van der Waals surface area contributed by atoms with Crippen molar-refractivity contribution in [2.24, 2.45) is 4.99 Å². The van der Waals surface area contributed by atoms with E-state index in [9.17, 15) is 14.0 Å². The maximum absolute atomic E-state index is 13.4. The number of hydrogen-bond donors (Lipinski definition) is 0. The Morgan fingerprint density at radius 1 is 1.19 bits per heavy atom. The first-order chi connectivity index (χ1) is 15.4. The van der Waals surface area contributed by atoms with E-state index in [-0.39, 0.29) is 18.0 Å². The molecule has 0 amide bonds. The minimum atomic E-state index is -0.688. The summed E-state index contributed by atoms with van der Waals surface area (Å²) >= 11 is 1.22. The SMILES string of the molecule is CCOC(=O)C1=C(C)N=c2s/c(=C\c3ccc(F)cc3)c(=O)n2[C@@H]1c1ccc(OC)cc1. The average Bonchev–Trinajstić information content (AvgIpc) is 3.09. The first kappa shape index (κ1) is 21.7. The molecule has 1 aliphatic rings. The Bertz CT molecular complexity index is 1370. The van der Waals surface area contributed by atoms with Crippen LogP contribution >= 0.6 is 11.3 Å². The van der Waals surface area contributed by atoms with Gasteiger partial charge in [-0.1, -0.05) is 35.6 Å². The van der Waals surface area contributed by atoms with Crippen molar-refractivity contribution in [2.75, 3.05) is 13.7 Å². The van der Waals surface area contributed by atoms with Gasteiger partial charge in [0.25, 0.3) is 5.56 Å². The third-order valence-electron chi connectivity index (χ3n) is 5.12. The summed E-state index contributed by atoms with van der Waals surface area (Å²) in [5, 5.41) is 0. The number of aromatic nitrogens is 1. The van der Waals surface area contributed by atoms with Gasteiger partial charge in [0.05, 0.1) is 35.6 Å². The molecular weight excluding hydrogens is 431 g/mol. The lowest BCUT2D eigenvalue weighted by Gasteiger charge is -2.24. The number of benzene rings is 2. The lowest BCUT2D eigenvalue weighted by molar-refractivity contribution is -0.139. The molecule has 8 heteroatoms. The maximum atomic E-state index is 13.4. The second-order valence-corrected chi connectivity index (χ2v) is 8.14. The van der Waals surface area contributed by atoms with Crippen molar-refractivity contribution in [1.82, 2.24) is 4.57 Å². The molecule has 0 aliphatic carbocycles. The summed E-state index contributed by atoms with van der Waals surface area (Å²) in [6, 6.07) is 12.4. The molecule has 0 spiro atoms. The molecule has 0 fully saturated rings. The van der Waals surface area contributed by atoms with Gasteiger partial charge in [0.1, 0.15) is 11.6 Å². The zero-order valence-electron chi connectivity index (χ0n) is 17.8. The minimum absolute atomic E-state index is 0.208. The number of halogens is 1. The van der Waals surface area contributed by atoms with Crippen molar-refractivity contribution in [1.29, 1.82) is 0 Å². The van der Waals surface area contributed by atoms with Crippen LogP contribution in [0.15, 0.2) is 69.6 Å². The van der Waals surface area contributed by atoms with E-state index in [2.05, 4.69) is 4.99 Å². The zero-order valence-corrected chi connectivity index (χ0v) is 18.6. The van der Waals surface area contributed by atoms with E-state index in [1.165, 1.54) is 28.0 Å². The Morgan fingerprint density at radius 3 is 2.50 bits per heavy atom. The van der Waals surface area contributed by atoms with Crippen molar-refractivity contribution < 1.29 is 18.7 Å². The monoisotopic (exact) mass is 452 g/mol. The third-order valence-corrected chi connectivity index (χ3v) is 6.10. The molecule has 1 atom stereocenters. The molecule has 0 saturated carbocycles. The standard InChI is InChI=1S/C24H21FN2O4S/c1-4-31-23(29)20-14(2)26-24-27(21(20)16-7-11-18(30-3)12-8-16)22(28)19(32-24)13-15-5-9-17(25)10-6-15/h5-13,21H,4H2,1-3H3/b19-13-/t21-/m1/s1. The zero-order chi connectivity index (χ0) is 22.8. The van der Waals surface area contributed by atoms with Crippen molar-refractivity contribution >= 4 is 23.4 Å². The van der Waals surface area contributed by atoms with Gasteiger partial charge >= 0.3 is 5.97 Å². The highest BCUT2D eigenvalue weighted by Gasteiger charge is 2.33. The number of allylic oxidation sites excluding steroid dienone is 1. The number of nitrogens with zero attached hydrogens (tertiary/aromatic N) is 2. The molecule has 0 unspecified atom stereocenters. The van der Waals surface area contributed by atoms with Gasteiger partial charge in [-0.15, -0.1) is 0 Å². The predicted octanol–water partition coefficient (Wildman–Crippen LogP) is 2.95. The van der Waals surface area contributed by atoms with Crippen LogP contribution in [-0.2, 0) is 9.53 Å². The molecule has 2 aromatic carbocycles. The lowest BCUT2D eigenvalue weighted by atomic mass is 9.96. The molecule has 32 heavy (non-hydrogen) atoms. The van der Waals surface area contributed by atoms with E-state index in [4.69, 9.17) is 9.47 Å². The Kier molecular flexibility index (Phi) is 6.05. The van der Waals surface area contributed by atoms with Gasteiger partial charge in [-0.3, -0.25) is 9.36 Å². The van der Waals surface area contributed by atoms with Crippen LogP contribution in [0.1, 0.15) is 31.0 Å². The molecule has 3 aromatic rings. The number of ether oxygens (including phenoxy) is 2. The van der Waals surface area contributed by atoms with Gasteiger partial charge in [0.2, 0.25) is 0 Å². The number of carbonyl (C=O) groups excluding carboxylic acids is 1. The normalized spacial score (nSPS) is 15.9. The van der Waals surface area contributed by atoms with Gasteiger partial charge in [-0.05, 0) is 55.3 Å². The summed E-state index contributed by atoms with van der Waals surface area (Å²) in [5.74, 6) is -0.198. The molecule has 1 aromatic heterocycles. The molecule has 4 rings (SSSR count). The predicted molar refractivity (Wildman–Crippen MR) is 120 cm³/mol. The molecule has 164 valence electrons. The van der Waals surface area contributed by atoms with Crippen molar-refractivity contribution in [3.63, 3.8) is 0 Å². The average molecular weight is 453 g/mol. The van der Waals surface area contributed by atoms with Crippen molar-refractivity contribution in [3.05, 3.63) is 96.4 Å². The van der Waals surface area contributed by atoms with E-state index in [1.807, 2.05) is 12.1 Å². The Labute approximate surface area is 187 Å². The van der Waals surface area contributed by atoms with Crippen LogP contribution in [0.2, 0.25) is 0 Å². The van der Waals surface area contributed by atoms with Gasteiger partial charge < -0.3 is 9.47 Å². The summed E-state index contributed by atoms with van der Waals surface area (Å²) in [7, 11) is 1.57. The largest absolute Gasteiger partial charge is 0.497 e. The Morgan fingerprint density at radius 2 is 1.88 bits per heavy atom. The number of rotatable bonds is 5. The summed E-state index contributed by atoms with van der Waals surface area (Å²) in [6.45, 7) is 3.67.